The number of aliphatic hydroxyl groups excluding tert-OH is 1. The predicted octanol–water partition coefficient (Wildman–Crippen LogP) is 2.96. The molecule has 1 N–H and O–H groups in total. The Morgan fingerprint density at radius 3 is 2.62 bits per heavy atom. The molecule has 1 atom stereocenters. The topological polar surface area (TPSA) is 29.5 Å². The van der Waals surface area contributed by atoms with Gasteiger partial charge in [-0.3, -0.25) is 0 Å². The standard InChI is InChI=1S/C14H20O2/c1-10(2)12-5-3-4-6-14(12)16-9-13(15)11-7-8-11/h3-6,10-11,13,15H,7-9H2,1-2H3. The van der Waals surface area contributed by atoms with E-state index < -0.39 is 0 Å². The maximum absolute atomic E-state index is 9.75. The third-order valence-electron chi connectivity index (χ3n) is 3.12. The first-order chi connectivity index (χ1) is 7.68. The van der Waals surface area contributed by atoms with E-state index in [1.165, 1.54) is 5.56 Å². The Kier molecular flexibility index (Phi) is 3.49. The van der Waals surface area contributed by atoms with E-state index in [2.05, 4.69) is 19.9 Å². The molecular formula is C14H20O2. The van der Waals surface area contributed by atoms with Crippen LogP contribution in [0.2, 0.25) is 0 Å². The number of hydrogen-bond donors (Lipinski definition) is 1. The molecule has 2 nitrogen and oxygen atoms in total. The third kappa shape index (κ3) is 2.76. The van der Waals surface area contributed by atoms with Crippen LogP contribution in [0.4, 0.5) is 0 Å². The molecule has 1 aliphatic carbocycles. The van der Waals surface area contributed by atoms with Crippen LogP contribution in [-0.4, -0.2) is 17.8 Å². The Hall–Kier alpha value is -1.02. The molecule has 0 bridgehead atoms. The first-order valence-corrected chi connectivity index (χ1v) is 6.08. The Morgan fingerprint density at radius 2 is 2.00 bits per heavy atom. The van der Waals surface area contributed by atoms with Gasteiger partial charge in [-0.1, -0.05) is 32.0 Å². The van der Waals surface area contributed by atoms with E-state index in [1.54, 1.807) is 0 Å². The molecule has 1 saturated carbocycles. The molecule has 1 aromatic carbocycles. The zero-order valence-corrected chi connectivity index (χ0v) is 10.0. The van der Waals surface area contributed by atoms with Crippen LogP contribution in [0.1, 0.15) is 38.2 Å². The van der Waals surface area contributed by atoms with Gasteiger partial charge in [-0.25, -0.2) is 0 Å². The van der Waals surface area contributed by atoms with Gasteiger partial charge in [-0.15, -0.1) is 0 Å². The lowest BCUT2D eigenvalue weighted by Crippen LogP contribution is -2.20. The molecule has 2 rings (SSSR count). The summed E-state index contributed by atoms with van der Waals surface area (Å²) in [6.45, 7) is 4.73. The molecule has 0 radical (unpaired) electrons. The number of benzene rings is 1. The van der Waals surface area contributed by atoms with E-state index in [0.717, 1.165) is 18.6 Å². The van der Waals surface area contributed by atoms with Crippen molar-refractivity contribution in [1.82, 2.24) is 0 Å². The van der Waals surface area contributed by atoms with Gasteiger partial charge in [0.2, 0.25) is 0 Å². The summed E-state index contributed by atoms with van der Waals surface area (Å²) in [5.74, 6) is 1.85. The van der Waals surface area contributed by atoms with Gasteiger partial charge < -0.3 is 9.84 Å². The van der Waals surface area contributed by atoms with Crippen molar-refractivity contribution >= 4 is 0 Å². The van der Waals surface area contributed by atoms with Crippen molar-refractivity contribution in [1.29, 1.82) is 0 Å². The quantitative estimate of drug-likeness (QED) is 0.826. The normalized spacial score (nSPS) is 17.5. The molecule has 16 heavy (non-hydrogen) atoms. The molecule has 0 heterocycles. The SMILES string of the molecule is CC(C)c1ccccc1OCC(O)C1CC1. The summed E-state index contributed by atoms with van der Waals surface area (Å²) in [4.78, 5) is 0. The minimum absolute atomic E-state index is 0.291. The lowest BCUT2D eigenvalue weighted by molar-refractivity contribution is 0.0888. The third-order valence-corrected chi connectivity index (χ3v) is 3.12. The van der Waals surface area contributed by atoms with Gasteiger partial charge in [-0.05, 0) is 36.3 Å². The van der Waals surface area contributed by atoms with Crippen LogP contribution in [0.5, 0.6) is 5.75 Å². The van der Waals surface area contributed by atoms with Crippen LogP contribution in [0.15, 0.2) is 24.3 Å². The Bertz CT molecular complexity index is 342. The number of hydrogen-bond acceptors (Lipinski definition) is 2. The molecule has 1 aliphatic rings. The van der Waals surface area contributed by atoms with Crippen LogP contribution in [0.25, 0.3) is 0 Å². The number of para-hydroxylation sites is 1. The van der Waals surface area contributed by atoms with Crippen LogP contribution < -0.4 is 4.74 Å². The fourth-order valence-electron chi connectivity index (χ4n) is 1.88. The average Bonchev–Trinajstić information content (AvgIpc) is 3.10. The largest absolute Gasteiger partial charge is 0.491 e. The summed E-state index contributed by atoms with van der Waals surface area (Å²) < 4.78 is 5.71. The second-order valence-corrected chi connectivity index (χ2v) is 4.91. The average molecular weight is 220 g/mol. The summed E-state index contributed by atoms with van der Waals surface area (Å²) >= 11 is 0. The fraction of sp³-hybridized carbons (Fsp3) is 0.571. The van der Waals surface area contributed by atoms with E-state index >= 15 is 0 Å². The second-order valence-electron chi connectivity index (χ2n) is 4.91. The van der Waals surface area contributed by atoms with Gasteiger partial charge >= 0.3 is 0 Å². The Morgan fingerprint density at radius 1 is 1.31 bits per heavy atom. The molecule has 1 fully saturated rings. The van der Waals surface area contributed by atoms with Gasteiger partial charge in [0, 0.05) is 0 Å². The highest BCUT2D eigenvalue weighted by atomic mass is 16.5. The van der Waals surface area contributed by atoms with E-state index in [1.807, 2.05) is 18.2 Å². The zero-order valence-electron chi connectivity index (χ0n) is 10.0. The number of ether oxygens (including phenoxy) is 1. The van der Waals surface area contributed by atoms with E-state index in [0.29, 0.717) is 18.4 Å². The minimum Gasteiger partial charge on any atom is -0.491 e. The summed E-state index contributed by atoms with van der Waals surface area (Å²) in [5.41, 5.74) is 1.21. The van der Waals surface area contributed by atoms with Gasteiger partial charge in [-0.2, -0.15) is 0 Å². The van der Waals surface area contributed by atoms with Crippen molar-refractivity contribution in [2.45, 2.75) is 38.7 Å². The predicted molar refractivity (Wildman–Crippen MR) is 64.8 cm³/mol. The maximum atomic E-state index is 9.75. The summed E-state index contributed by atoms with van der Waals surface area (Å²) in [6, 6.07) is 8.07. The summed E-state index contributed by atoms with van der Waals surface area (Å²) in [5, 5.41) is 9.75. The highest BCUT2D eigenvalue weighted by Gasteiger charge is 2.30. The Balaban J connectivity index is 1.97. The van der Waals surface area contributed by atoms with Crippen LogP contribution in [-0.2, 0) is 0 Å². The lowest BCUT2D eigenvalue weighted by Gasteiger charge is -2.16. The molecular weight excluding hydrogens is 200 g/mol. The highest BCUT2D eigenvalue weighted by molar-refractivity contribution is 5.35. The first kappa shape index (κ1) is 11.5. The van der Waals surface area contributed by atoms with Crippen LogP contribution in [0.3, 0.4) is 0 Å². The first-order valence-electron chi connectivity index (χ1n) is 6.08. The van der Waals surface area contributed by atoms with Crippen LogP contribution in [0, 0.1) is 5.92 Å². The Labute approximate surface area is 97.3 Å². The van der Waals surface area contributed by atoms with Crippen molar-refractivity contribution < 1.29 is 9.84 Å². The van der Waals surface area contributed by atoms with E-state index in [9.17, 15) is 5.11 Å². The monoisotopic (exact) mass is 220 g/mol. The molecule has 0 saturated heterocycles. The number of rotatable bonds is 5. The van der Waals surface area contributed by atoms with Crippen molar-refractivity contribution in [3.05, 3.63) is 29.8 Å². The molecule has 1 unspecified atom stereocenters. The van der Waals surface area contributed by atoms with Gasteiger partial charge in [0.1, 0.15) is 12.4 Å². The summed E-state index contributed by atoms with van der Waals surface area (Å²) in [6.07, 6.45) is 2.01. The zero-order chi connectivity index (χ0) is 11.5. The smallest absolute Gasteiger partial charge is 0.122 e. The summed E-state index contributed by atoms with van der Waals surface area (Å²) in [7, 11) is 0. The molecule has 88 valence electrons. The van der Waals surface area contributed by atoms with Gasteiger partial charge in [0.05, 0.1) is 6.10 Å². The van der Waals surface area contributed by atoms with Crippen LogP contribution >= 0.6 is 0 Å². The molecule has 0 aromatic heterocycles. The molecule has 2 heteroatoms. The second kappa shape index (κ2) is 4.88. The maximum Gasteiger partial charge on any atom is 0.122 e. The van der Waals surface area contributed by atoms with Crippen molar-refractivity contribution in [3.8, 4) is 5.75 Å². The van der Waals surface area contributed by atoms with Gasteiger partial charge in [0.15, 0.2) is 0 Å². The van der Waals surface area contributed by atoms with Crippen molar-refractivity contribution in [2.24, 2.45) is 5.92 Å². The minimum atomic E-state index is -0.291. The molecule has 0 spiro atoms. The molecule has 0 amide bonds. The van der Waals surface area contributed by atoms with E-state index in [4.69, 9.17) is 4.74 Å². The number of aliphatic hydroxyl groups is 1. The fourth-order valence-corrected chi connectivity index (χ4v) is 1.88. The van der Waals surface area contributed by atoms with Crippen molar-refractivity contribution in [3.63, 3.8) is 0 Å². The van der Waals surface area contributed by atoms with Crippen molar-refractivity contribution in [2.75, 3.05) is 6.61 Å². The highest BCUT2D eigenvalue weighted by Crippen LogP contribution is 2.33. The molecule has 0 aliphatic heterocycles. The van der Waals surface area contributed by atoms with Gasteiger partial charge in [0.25, 0.3) is 0 Å². The molecule has 1 aromatic rings. The van der Waals surface area contributed by atoms with E-state index in [-0.39, 0.29) is 6.10 Å². The lowest BCUT2D eigenvalue weighted by atomic mass is 10.0.